The number of fused-ring (bicyclic) bond motifs is 1. The Morgan fingerprint density at radius 3 is 2.88 bits per heavy atom. The van der Waals surface area contributed by atoms with Crippen LogP contribution in [0.2, 0.25) is 0 Å². The molecule has 0 spiro atoms. The molecule has 10 heteroatoms. The Balaban J connectivity index is 1.98. The molecule has 0 aromatic carbocycles. The van der Waals surface area contributed by atoms with Gasteiger partial charge in [0.1, 0.15) is 18.3 Å². The number of aliphatic hydroxyl groups is 2. The van der Waals surface area contributed by atoms with E-state index in [9.17, 15) is 15.0 Å². The van der Waals surface area contributed by atoms with Crippen LogP contribution in [0.1, 0.15) is 20.1 Å². The molecule has 1 aliphatic heterocycles. The summed E-state index contributed by atoms with van der Waals surface area (Å²) < 4.78 is 12.4. The summed E-state index contributed by atoms with van der Waals surface area (Å²) in [6.45, 7) is 4.42. The van der Waals surface area contributed by atoms with Crippen molar-refractivity contribution in [1.29, 1.82) is 0 Å². The normalized spacial score (nSPS) is 26.6. The molecule has 25 heavy (non-hydrogen) atoms. The summed E-state index contributed by atoms with van der Waals surface area (Å²) in [5.41, 5.74) is 0.0457. The molecular weight excluding hydrogens is 330 g/mol. The molecule has 10 nitrogen and oxygen atoms in total. The smallest absolute Gasteiger partial charge is 0.280 e. The fourth-order valence-electron chi connectivity index (χ4n) is 2.88. The summed E-state index contributed by atoms with van der Waals surface area (Å²) in [6.07, 6.45) is -1.87. The number of aromatic amines is 1. The van der Waals surface area contributed by atoms with Crippen molar-refractivity contribution in [3.8, 4) is 0 Å². The lowest BCUT2D eigenvalue weighted by atomic mass is 10.1. The Hall–Kier alpha value is -2.01. The maximum Gasteiger partial charge on any atom is 0.280 e. The minimum atomic E-state index is -1.03. The number of ether oxygens (including phenoxy) is 2. The lowest BCUT2D eigenvalue weighted by molar-refractivity contribution is -0.0535. The number of hydrogen-bond donors (Lipinski definition) is 4. The summed E-state index contributed by atoms with van der Waals surface area (Å²) in [6, 6.07) is 0. The van der Waals surface area contributed by atoms with E-state index >= 15 is 0 Å². The van der Waals surface area contributed by atoms with Crippen LogP contribution in [0.3, 0.4) is 0 Å². The first-order valence-corrected chi connectivity index (χ1v) is 8.14. The lowest BCUT2D eigenvalue weighted by Crippen LogP contribution is -2.35. The number of methoxy groups -OCH3 is 1. The van der Waals surface area contributed by atoms with Gasteiger partial charge < -0.3 is 25.0 Å². The maximum atomic E-state index is 12.2. The van der Waals surface area contributed by atoms with Gasteiger partial charge in [0.2, 0.25) is 5.95 Å². The zero-order valence-electron chi connectivity index (χ0n) is 14.3. The van der Waals surface area contributed by atoms with Gasteiger partial charge in [-0.3, -0.25) is 14.3 Å². The molecule has 1 saturated heterocycles. The molecule has 3 heterocycles. The zero-order chi connectivity index (χ0) is 18.1. The van der Waals surface area contributed by atoms with Gasteiger partial charge in [0.05, 0.1) is 12.9 Å². The predicted octanol–water partition coefficient (Wildman–Crippen LogP) is -0.547. The van der Waals surface area contributed by atoms with Gasteiger partial charge >= 0.3 is 0 Å². The van der Waals surface area contributed by atoms with Gasteiger partial charge in [-0.15, -0.1) is 0 Å². The Kier molecular flexibility index (Phi) is 5.04. The number of aromatic nitrogens is 4. The predicted molar refractivity (Wildman–Crippen MR) is 89.3 cm³/mol. The third kappa shape index (κ3) is 3.25. The van der Waals surface area contributed by atoms with Crippen LogP contribution in [0, 0.1) is 5.92 Å². The van der Waals surface area contributed by atoms with Crippen LogP contribution in [-0.2, 0) is 9.47 Å². The topological polar surface area (TPSA) is 135 Å². The fraction of sp³-hybridized carbons (Fsp3) is 0.667. The van der Waals surface area contributed by atoms with Gasteiger partial charge in [0.25, 0.3) is 5.56 Å². The van der Waals surface area contributed by atoms with Crippen molar-refractivity contribution >= 4 is 17.1 Å². The number of nitrogens with zero attached hydrogens (tertiary/aromatic N) is 3. The number of imidazole rings is 1. The molecule has 0 saturated carbocycles. The number of aliphatic hydroxyl groups excluding tert-OH is 2. The number of H-pyrrole nitrogens is 1. The largest absolute Gasteiger partial charge is 0.394 e. The van der Waals surface area contributed by atoms with Crippen LogP contribution in [0.25, 0.3) is 11.2 Å². The van der Waals surface area contributed by atoms with E-state index in [2.05, 4.69) is 20.3 Å². The standard InChI is InChI=1S/C15H23N5O5/c1-7(2)4-16-15-18-12-9(13(23)19-15)17-6-20(12)14-10(22)11(24-3)8(5-21)25-14/h6-8,10-11,14,21-22H,4-5H2,1-3H3,(H2,16,18,19,23)/t8-,10?,11+,14-/m1/s1. The Morgan fingerprint density at radius 1 is 1.52 bits per heavy atom. The van der Waals surface area contributed by atoms with E-state index in [4.69, 9.17) is 9.47 Å². The van der Waals surface area contributed by atoms with Crippen molar-refractivity contribution in [2.24, 2.45) is 5.92 Å². The third-order valence-electron chi connectivity index (χ3n) is 4.15. The highest BCUT2D eigenvalue weighted by Crippen LogP contribution is 2.32. The van der Waals surface area contributed by atoms with Crippen LogP contribution in [0.5, 0.6) is 0 Å². The van der Waals surface area contributed by atoms with E-state index in [1.165, 1.54) is 18.0 Å². The Morgan fingerprint density at radius 2 is 2.28 bits per heavy atom. The monoisotopic (exact) mass is 353 g/mol. The second-order valence-corrected chi connectivity index (χ2v) is 6.45. The molecule has 1 unspecified atom stereocenters. The molecular formula is C15H23N5O5. The van der Waals surface area contributed by atoms with E-state index in [0.29, 0.717) is 18.4 Å². The maximum absolute atomic E-state index is 12.2. The van der Waals surface area contributed by atoms with E-state index < -0.39 is 24.5 Å². The molecule has 3 rings (SSSR count). The quantitative estimate of drug-likeness (QED) is 0.543. The minimum absolute atomic E-state index is 0.146. The molecule has 4 N–H and O–H groups in total. The van der Waals surface area contributed by atoms with E-state index in [0.717, 1.165) is 0 Å². The highest BCUT2D eigenvalue weighted by Gasteiger charge is 2.45. The summed E-state index contributed by atoms with van der Waals surface area (Å²) in [7, 11) is 1.44. The van der Waals surface area contributed by atoms with Crippen molar-refractivity contribution < 1.29 is 19.7 Å². The van der Waals surface area contributed by atoms with Crippen molar-refractivity contribution in [3.05, 3.63) is 16.7 Å². The molecule has 2 aromatic rings. The molecule has 0 amide bonds. The number of rotatable bonds is 6. The molecule has 4 atom stereocenters. The molecule has 1 fully saturated rings. The number of hydrogen-bond acceptors (Lipinski definition) is 8. The van der Waals surface area contributed by atoms with Gasteiger partial charge in [-0.25, -0.2) is 4.98 Å². The van der Waals surface area contributed by atoms with Crippen LogP contribution in [0.15, 0.2) is 11.1 Å². The summed E-state index contributed by atoms with van der Waals surface area (Å²) in [5, 5.41) is 22.9. The Labute approximate surface area is 143 Å². The second kappa shape index (κ2) is 7.08. The molecule has 0 aliphatic carbocycles. The van der Waals surface area contributed by atoms with Crippen LogP contribution < -0.4 is 10.9 Å². The molecule has 0 bridgehead atoms. The van der Waals surface area contributed by atoms with Crippen molar-refractivity contribution in [2.45, 2.75) is 38.4 Å². The fourth-order valence-corrected chi connectivity index (χ4v) is 2.88. The Bertz CT molecular complexity index is 788. The van der Waals surface area contributed by atoms with Crippen molar-refractivity contribution in [1.82, 2.24) is 19.5 Å². The third-order valence-corrected chi connectivity index (χ3v) is 4.15. The number of nitrogens with one attached hydrogen (secondary N) is 2. The molecule has 0 radical (unpaired) electrons. The van der Waals surface area contributed by atoms with Crippen LogP contribution in [-0.4, -0.2) is 68.3 Å². The highest BCUT2D eigenvalue weighted by molar-refractivity contribution is 5.70. The molecule has 1 aliphatic rings. The van der Waals surface area contributed by atoms with Gasteiger partial charge in [0, 0.05) is 13.7 Å². The first-order chi connectivity index (χ1) is 12.0. The van der Waals surface area contributed by atoms with Crippen LogP contribution >= 0.6 is 0 Å². The average molecular weight is 353 g/mol. The second-order valence-electron chi connectivity index (χ2n) is 6.45. The van der Waals surface area contributed by atoms with Crippen LogP contribution in [0.4, 0.5) is 5.95 Å². The molecule has 2 aromatic heterocycles. The summed E-state index contributed by atoms with van der Waals surface area (Å²) >= 11 is 0. The van der Waals surface area contributed by atoms with Gasteiger partial charge in [-0.2, -0.15) is 4.98 Å². The summed E-state index contributed by atoms with van der Waals surface area (Å²) in [5.74, 6) is 0.695. The SMILES string of the molecule is CO[C@@H]1C(O)[C@H](n2cnc3c(=O)[nH]c(NCC(C)C)nc32)O[C@@H]1CO. The van der Waals surface area contributed by atoms with Gasteiger partial charge in [0.15, 0.2) is 17.4 Å². The van der Waals surface area contributed by atoms with Crippen molar-refractivity contribution in [2.75, 3.05) is 25.6 Å². The van der Waals surface area contributed by atoms with Crippen molar-refractivity contribution in [3.63, 3.8) is 0 Å². The van der Waals surface area contributed by atoms with E-state index in [1.807, 2.05) is 13.8 Å². The highest BCUT2D eigenvalue weighted by atomic mass is 16.6. The minimum Gasteiger partial charge on any atom is -0.394 e. The average Bonchev–Trinajstić information content (AvgIpc) is 3.13. The van der Waals surface area contributed by atoms with Gasteiger partial charge in [-0.1, -0.05) is 13.8 Å². The molecule has 138 valence electrons. The summed E-state index contributed by atoms with van der Waals surface area (Å²) in [4.78, 5) is 23.3. The number of anilines is 1. The first kappa shape index (κ1) is 17.8. The first-order valence-electron chi connectivity index (χ1n) is 8.14. The van der Waals surface area contributed by atoms with E-state index in [-0.39, 0.29) is 23.3 Å². The van der Waals surface area contributed by atoms with Gasteiger partial charge in [-0.05, 0) is 5.92 Å². The zero-order valence-corrected chi connectivity index (χ0v) is 14.3. The van der Waals surface area contributed by atoms with E-state index in [1.54, 1.807) is 0 Å². The lowest BCUT2D eigenvalue weighted by Gasteiger charge is -2.18.